The molecular formula is C15H22N4O2. The molecule has 1 heterocycles. The van der Waals surface area contributed by atoms with E-state index in [1.165, 1.54) is 10.3 Å². The third kappa shape index (κ3) is 3.32. The highest BCUT2D eigenvalue weighted by molar-refractivity contribution is 5.95. The summed E-state index contributed by atoms with van der Waals surface area (Å²) in [6.07, 6.45) is 3.77. The van der Waals surface area contributed by atoms with Crippen molar-refractivity contribution in [2.75, 3.05) is 5.32 Å². The number of hydrogen-bond donors (Lipinski definition) is 2. The minimum atomic E-state index is -0.470. The zero-order valence-electron chi connectivity index (χ0n) is 12.9. The highest BCUT2D eigenvalue weighted by Gasteiger charge is 2.60. The van der Waals surface area contributed by atoms with Crippen molar-refractivity contribution < 1.29 is 9.59 Å². The first-order valence-electron chi connectivity index (χ1n) is 6.99. The lowest BCUT2D eigenvalue weighted by Crippen LogP contribution is -2.20. The lowest BCUT2D eigenvalue weighted by molar-refractivity contribution is -0.119. The maximum absolute atomic E-state index is 12.3. The summed E-state index contributed by atoms with van der Waals surface area (Å²) in [5, 5.41) is 6.91. The van der Waals surface area contributed by atoms with Crippen LogP contribution in [0.5, 0.6) is 0 Å². The topological polar surface area (TPSA) is 90.0 Å². The maximum atomic E-state index is 12.3. The van der Waals surface area contributed by atoms with Crippen LogP contribution in [-0.2, 0) is 16.1 Å². The van der Waals surface area contributed by atoms with Gasteiger partial charge in [0.2, 0.25) is 11.8 Å². The predicted octanol–water partition coefficient (Wildman–Crippen LogP) is 1.55. The van der Waals surface area contributed by atoms with Crippen molar-refractivity contribution in [2.24, 2.45) is 23.0 Å². The Labute approximate surface area is 124 Å². The molecule has 114 valence electrons. The average molecular weight is 290 g/mol. The van der Waals surface area contributed by atoms with Gasteiger partial charge in [-0.05, 0) is 25.2 Å². The van der Waals surface area contributed by atoms with Gasteiger partial charge in [-0.25, -0.2) is 0 Å². The number of anilines is 1. The van der Waals surface area contributed by atoms with E-state index in [4.69, 9.17) is 5.73 Å². The molecule has 0 bridgehead atoms. The fourth-order valence-corrected chi connectivity index (χ4v) is 2.73. The van der Waals surface area contributed by atoms with Crippen LogP contribution in [0.4, 0.5) is 5.82 Å². The van der Waals surface area contributed by atoms with E-state index in [1.807, 2.05) is 13.8 Å². The zero-order valence-corrected chi connectivity index (χ0v) is 12.9. The van der Waals surface area contributed by atoms with Gasteiger partial charge in [-0.15, -0.1) is 0 Å². The number of primary amides is 1. The Bertz CT molecular complexity index is 597. The van der Waals surface area contributed by atoms with E-state index in [0.717, 1.165) is 0 Å². The third-order valence-corrected chi connectivity index (χ3v) is 3.92. The molecule has 21 heavy (non-hydrogen) atoms. The molecule has 3 N–H and O–H groups in total. The Morgan fingerprint density at radius 3 is 2.71 bits per heavy atom. The van der Waals surface area contributed by atoms with Gasteiger partial charge in [-0.2, -0.15) is 5.10 Å². The largest absolute Gasteiger partial charge is 0.368 e. The van der Waals surface area contributed by atoms with Crippen LogP contribution in [0.2, 0.25) is 0 Å². The van der Waals surface area contributed by atoms with Crippen molar-refractivity contribution in [1.29, 1.82) is 0 Å². The molecule has 1 aliphatic rings. The van der Waals surface area contributed by atoms with Gasteiger partial charge < -0.3 is 11.1 Å². The van der Waals surface area contributed by atoms with Gasteiger partial charge in [0, 0.05) is 12.3 Å². The van der Waals surface area contributed by atoms with E-state index in [1.54, 1.807) is 12.3 Å². The monoisotopic (exact) mass is 290 g/mol. The molecule has 0 spiro atoms. The number of allylic oxidation sites excluding steroid dienone is 2. The summed E-state index contributed by atoms with van der Waals surface area (Å²) in [5.74, 6) is 0.151. The van der Waals surface area contributed by atoms with Crippen molar-refractivity contribution in [1.82, 2.24) is 9.78 Å². The number of carbonyl (C=O) groups excluding carboxylic acids is 2. The van der Waals surface area contributed by atoms with Crippen LogP contribution >= 0.6 is 0 Å². The van der Waals surface area contributed by atoms with Crippen LogP contribution in [0, 0.1) is 17.3 Å². The number of rotatable bonds is 5. The summed E-state index contributed by atoms with van der Waals surface area (Å²) in [5.41, 5.74) is 6.29. The second-order valence-corrected chi connectivity index (χ2v) is 6.42. The Morgan fingerprint density at radius 1 is 1.48 bits per heavy atom. The summed E-state index contributed by atoms with van der Waals surface area (Å²) in [6, 6.07) is 1.66. The highest BCUT2D eigenvalue weighted by Crippen LogP contribution is 2.59. The molecule has 1 fully saturated rings. The van der Waals surface area contributed by atoms with E-state index in [9.17, 15) is 9.59 Å². The van der Waals surface area contributed by atoms with Crippen LogP contribution in [0.15, 0.2) is 23.9 Å². The summed E-state index contributed by atoms with van der Waals surface area (Å²) >= 11 is 0. The van der Waals surface area contributed by atoms with Crippen molar-refractivity contribution in [2.45, 2.75) is 34.2 Å². The fourth-order valence-electron chi connectivity index (χ4n) is 2.73. The Balaban J connectivity index is 2.01. The van der Waals surface area contributed by atoms with Gasteiger partial charge in [0.05, 0.1) is 5.92 Å². The normalized spacial score (nSPS) is 22.5. The van der Waals surface area contributed by atoms with Crippen molar-refractivity contribution in [3.63, 3.8) is 0 Å². The standard InChI is InChI=1S/C15H22N4O2/c1-9(2)7-10-13(15(10,3)4)14(21)17-12-5-6-19(18-12)8-11(16)20/h5-7,10,13H,8H2,1-4H3,(H2,16,20)(H,17,18,21)/t10-,13-/m0/s1. The van der Waals surface area contributed by atoms with Gasteiger partial charge in [-0.3, -0.25) is 14.3 Å². The zero-order chi connectivity index (χ0) is 15.8. The first kappa shape index (κ1) is 15.3. The predicted molar refractivity (Wildman–Crippen MR) is 80.2 cm³/mol. The van der Waals surface area contributed by atoms with E-state index in [-0.39, 0.29) is 29.7 Å². The lowest BCUT2D eigenvalue weighted by Gasteiger charge is -2.03. The molecule has 2 rings (SSSR count). The summed E-state index contributed by atoms with van der Waals surface area (Å²) < 4.78 is 1.41. The molecule has 2 amide bonds. The summed E-state index contributed by atoms with van der Waals surface area (Å²) in [4.78, 5) is 23.1. The van der Waals surface area contributed by atoms with Crippen LogP contribution in [-0.4, -0.2) is 21.6 Å². The Hall–Kier alpha value is -2.11. The number of amides is 2. The number of nitrogens with one attached hydrogen (secondary N) is 1. The molecule has 6 heteroatoms. The minimum Gasteiger partial charge on any atom is -0.368 e. The summed E-state index contributed by atoms with van der Waals surface area (Å²) in [7, 11) is 0. The number of nitrogens with zero attached hydrogens (tertiary/aromatic N) is 2. The molecule has 1 saturated carbocycles. The van der Waals surface area contributed by atoms with Gasteiger partial charge in [-0.1, -0.05) is 25.5 Å². The molecule has 0 radical (unpaired) electrons. The van der Waals surface area contributed by atoms with Crippen LogP contribution in [0.1, 0.15) is 27.7 Å². The van der Waals surface area contributed by atoms with Gasteiger partial charge >= 0.3 is 0 Å². The molecule has 1 aliphatic carbocycles. The van der Waals surface area contributed by atoms with Crippen molar-refractivity contribution in [3.8, 4) is 0 Å². The van der Waals surface area contributed by atoms with E-state index >= 15 is 0 Å². The Kier molecular flexibility index (Phi) is 3.89. The molecule has 0 aromatic carbocycles. The smallest absolute Gasteiger partial charge is 0.239 e. The quantitative estimate of drug-likeness (QED) is 0.806. The maximum Gasteiger partial charge on any atom is 0.239 e. The first-order valence-corrected chi connectivity index (χ1v) is 6.99. The molecule has 1 aromatic heterocycles. The molecule has 2 atom stereocenters. The van der Waals surface area contributed by atoms with Crippen molar-refractivity contribution >= 4 is 17.6 Å². The second-order valence-electron chi connectivity index (χ2n) is 6.42. The fraction of sp³-hybridized carbons (Fsp3) is 0.533. The molecule has 1 aromatic rings. The van der Waals surface area contributed by atoms with E-state index < -0.39 is 5.91 Å². The third-order valence-electron chi connectivity index (χ3n) is 3.92. The molecule has 0 aliphatic heterocycles. The minimum absolute atomic E-state index is 0.00514. The van der Waals surface area contributed by atoms with Crippen LogP contribution in [0.3, 0.4) is 0 Å². The summed E-state index contributed by atoms with van der Waals surface area (Å²) in [6.45, 7) is 8.26. The van der Waals surface area contributed by atoms with Crippen molar-refractivity contribution in [3.05, 3.63) is 23.9 Å². The lowest BCUT2D eigenvalue weighted by atomic mass is 10.1. The number of carbonyl (C=O) groups is 2. The molecular weight excluding hydrogens is 268 g/mol. The number of aromatic nitrogens is 2. The van der Waals surface area contributed by atoms with Gasteiger partial charge in [0.1, 0.15) is 6.54 Å². The second kappa shape index (κ2) is 5.35. The number of hydrogen-bond acceptors (Lipinski definition) is 3. The number of nitrogens with two attached hydrogens (primary N) is 1. The van der Waals surface area contributed by atoms with E-state index in [0.29, 0.717) is 5.82 Å². The SMILES string of the molecule is CC(C)=C[C@H]1[C@@H](C(=O)Nc2ccn(CC(N)=O)n2)C1(C)C. The molecule has 0 unspecified atom stereocenters. The average Bonchev–Trinajstić information content (AvgIpc) is 2.67. The highest BCUT2D eigenvalue weighted by atomic mass is 16.2. The van der Waals surface area contributed by atoms with E-state index in [2.05, 4.69) is 30.3 Å². The Morgan fingerprint density at radius 2 is 2.14 bits per heavy atom. The molecule has 6 nitrogen and oxygen atoms in total. The first-order chi connectivity index (χ1) is 9.71. The van der Waals surface area contributed by atoms with Crippen LogP contribution in [0.25, 0.3) is 0 Å². The van der Waals surface area contributed by atoms with Gasteiger partial charge in [0.25, 0.3) is 0 Å². The van der Waals surface area contributed by atoms with Gasteiger partial charge in [0.15, 0.2) is 5.82 Å². The van der Waals surface area contributed by atoms with Crippen LogP contribution < -0.4 is 11.1 Å². The molecule has 0 saturated heterocycles.